The van der Waals surface area contributed by atoms with Crippen LogP contribution in [0.2, 0.25) is 10.0 Å². The fourth-order valence-electron chi connectivity index (χ4n) is 2.50. The summed E-state index contributed by atoms with van der Waals surface area (Å²) in [5, 5.41) is 6.87. The number of piperidine rings is 1. The van der Waals surface area contributed by atoms with Crippen LogP contribution in [0.25, 0.3) is 0 Å². The molecule has 0 unspecified atom stereocenters. The molecule has 0 atom stereocenters. The molecule has 1 aromatic carbocycles. The number of methoxy groups -OCH3 is 1. The van der Waals surface area contributed by atoms with Crippen molar-refractivity contribution in [3.05, 3.63) is 26.7 Å². The minimum absolute atomic E-state index is 0.0776. The molecule has 1 heterocycles. The fraction of sp³-hybridized carbons (Fsp3) is 0.500. The molecular formula is C14H17BrCl2N2O2. The quantitative estimate of drug-likeness (QED) is 0.764. The van der Waals surface area contributed by atoms with Gasteiger partial charge in [0.25, 0.3) is 0 Å². The molecule has 2 N–H and O–H groups in total. The highest BCUT2D eigenvalue weighted by Gasteiger charge is 2.39. The van der Waals surface area contributed by atoms with Crippen molar-refractivity contribution in [1.82, 2.24) is 5.32 Å². The van der Waals surface area contributed by atoms with Gasteiger partial charge in [0.1, 0.15) is 0 Å². The van der Waals surface area contributed by atoms with Crippen LogP contribution >= 0.6 is 39.1 Å². The fourth-order valence-corrected chi connectivity index (χ4v) is 3.32. The Morgan fingerprint density at radius 1 is 1.38 bits per heavy atom. The number of carbonyl (C=O) groups is 1. The molecule has 7 heteroatoms. The second-order valence-electron chi connectivity index (χ2n) is 5.14. The summed E-state index contributed by atoms with van der Waals surface area (Å²) < 4.78 is 5.96. The van der Waals surface area contributed by atoms with Crippen molar-refractivity contribution >= 4 is 50.7 Å². The molecule has 0 aromatic heterocycles. The summed E-state index contributed by atoms with van der Waals surface area (Å²) in [5.41, 5.74) is -0.00744. The van der Waals surface area contributed by atoms with Gasteiger partial charge in [-0.15, -0.1) is 0 Å². The molecule has 116 valence electrons. The minimum Gasteiger partial charge on any atom is -0.384 e. The normalized spacial score (nSPS) is 17.5. The molecule has 4 nitrogen and oxygen atoms in total. The maximum absolute atomic E-state index is 12.7. The summed E-state index contributed by atoms with van der Waals surface area (Å²) in [6.45, 7) is 1.99. The third-order valence-electron chi connectivity index (χ3n) is 3.75. The first-order valence-electron chi connectivity index (χ1n) is 6.65. The van der Waals surface area contributed by atoms with Gasteiger partial charge in [-0.2, -0.15) is 0 Å². The van der Waals surface area contributed by atoms with E-state index >= 15 is 0 Å². The SMILES string of the molecule is COCC1(C(=O)Nc2ccc(Br)c(Cl)c2Cl)CCNCC1. The van der Waals surface area contributed by atoms with Crippen LogP contribution in [0.1, 0.15) is 12.8 Å². The number of anilines is 1. The molecule has 1 aliphatic rings. The molecule has 0 spiro atoms. The minimum atomic E-state index is -0.525. The molecule has 1 fully saturated rings. The van der Waals surface area contributed by atoms with Crippen molar-refractivity contribution in [2.45, 2.75) is 12.8 Å². The van der Waals surface area contributed by atoms with Crippen LogP contribution in [0.5, 0.6) is 0 Å². The maximum Gasteiger partial charge on any atom is 0.233 e. The number of carbonyl (C=O) groups excluding carboxylic acids is 1. The predicted octanol–water partition coefficient (Wildman–Crippen LogP) is 3.71. The molecule has 0 aliphatic carbocycles. The molecule has 1 saturated heterocycles. The summed E-state index contributed by atoms with van der Waals surface area (Å²) in [7, 11) is 1.61. The Bertz CT molecular complexity index is 528. The predicted molar refractivity (Wildman–Crippen MR) is 89.2 cm³/mol. The van der Waals surface area contributed by atoms with E-state index in [0.29, 0.717) is 26.8 Å². The first-order chi connectivity index (χ1) is 10.00. The zero-order valence-electron chi connectivity index (χ0n) is 11.6. The number of hydrogen-bond donors (Lipinski definition) is 2. The molecule has 21 heavy (non-hydrogen) atoms. The summed E-state index contributed by atoms with van der Waals surface area (Å²) in [6.07, 6.45) is 1.46. The summed E-state index contributed by atoms with van der Waals surface area (Å²) in [5.74, 6) is -0.0776. The van der Waals surface area contributed by atoms with Gasteiger partial charge in [-0.1, -0.05) is 23.2 Å². The van der Waals surface area contributed by atoms with E-state index in [2.05, 4.69) is 26.6 Å². The molecule has 1 amide bonds. The number of ether oxygens (including phenoxy) is 1. The van der Waals surface area contributed by atoms with Crippen LogP contribution in [0.3, 0.4) is 0 Å². The number of hydrogen-bond acceptors (Lipinski definition) is 3. The topological polar surface area (TPSA) is 50.4 Å². The van der Waals surface area contributed by atoms with E-state index in [0.717, 1.165) is 25.9 Å². The van der Waals surface area contributed by atoms with Gasteiger partial charge >= 0.3 is 0 Å². The summed E-state index contributed by atoms with van der Waals surface area (Å²) in [6, 6.07) is 3.49. The largest absolute Gasteiger partial charge is 0.384 e. The van der Waals surface area contributed by atoms with Gasteiger partial charge in [0.05, 0.1) is 27.8 Å². The molecule has 0 radical (unpaired) electrons. The second kappa shape index (κ2) is 7.29. The molecule has 2 rings (SSSR count). The lowest BCUT2D eigenvalue weighted by Crippen LogP contribution is -2.47. The third kappa shape index (κ3) is 3.71. The van der Waals surface area contributed by atoms with Gasteiger partial charge in [0.2, 0.25) is 5.91 Å². The monoisotopic (exact) mass is 394 g/mol. The van der Waals surface area contributed by atoms with Gasteiger partial charge in [-0.25, -0.2) is 0 Å². The van der Waals surface area contributed by atoms with Crippen LogP contribution in [-0.4, -0.2) is 32.7 Å². The van der Waals surface area contributed by atoms with Crippen molar-refractivity contribution in [3.8, 4) is 0 Å². The Balaban J connectivity index is 2.21. The van der Waals surface area contributed by atoms with Crippen molar-refractivity contribution in [3.63, 3.8) is 0 Å². The summed E-state index contributed by atoms with van der Waals surface area (Å²) in [4.78, 5) is 12.7. The molecule has 0 saturated carbocycles. The van der Waals surface area contributed by atoms with Crippen molar-refractivity contribution in [2.24, 2.45) is 5.41 Å². The number of benzene rings is 1. The number of halogens is 3. The lowest BCUT2D eigenvalue weighted by Gasteiger charge is -2.35. The van der Waals surface area contributed by atoms with E-state index in [9.17, 15) is 4.79 Å². The van der Waals surface area contributed by atoms with Gasteiger partial charge in [-0.05, 0) is 54.0 Å². The van der Waals surface area contributed by atoms with E-state index in [1.54, 1.807) is 19.2 Å². The van der Waals surface area contributed by atoms with Gasteiger partial charge < -0.3 is 15.4 Å². The standard InChI is InChI=1S/C14H17BrCl2N2O2/c1-21-8-14(4-6-18-7-5-14)13(20)19-10-3-2-9(15)11(16)12(10)17/h2-3,18H,4-8H2,1H3,(H,19,20). The first-order valence-corrected chi connectivity index (χ1v) is 8.20. The smallest absolute Gasteiger partial charge is 0.233 e. The zero-order chi connectivity index (χ0) is 15.5. The highest BCUT2D eigenvalue weighted by Crippen LogP contribution is 2.37. The van der Waals surface area contributed by atoms with Crippen LogP contribution in [0.15, 0.2) is 16.6 Å². The lowest BCUT2D eigenvalue weighted by molar-refractivity contribution is -0.130. The van der Waals surface area contributed by atoms with E-state index < -0.39 is 5.41 Å². The molecule has 1 aliphatic heterocycles. The Morgan fingerprint density at radius 3 is 2.67 bits per heavy atom. The molecule has 1 aromatic rings. The summed E-state index contributed by atoms with van der Waals surface area (Å²) >= 11 is 15.6. The highest BCUT2D eigenvalue weighted by atomic mass is 79.9. The van der Waals surface area contributed by atoms with E-state index in [4.69, 9.17) is 27.9 Å². The van der Waals surface area contributed by atoms with Crippen LogP contribution < -0.4 is 10.6 Å². The van der Waals surface area contributed by atoms with Crippen molar-refractivity contribution < 1.29 is 9.53 Å². The molecular weight excluding hydrogens is 379 g/mol. The maximum atomic E-state index is 12.7. The van der Waals surface area contributed by atoms with Crippen LogP contribution in [-0.2, 0) is 9.53 Å². The van der Waals surface area contributed by atoms with Crippen molar-refractivity contribution in [1.29, 1.82) is 0 Å². The first kappa shape index (κ1) is 17.0. The number of amides is 1. The number of nitrogens with one attached hydrogen (secondary N) is 2. The lowest BCUT2D eigenvalue weighted by atomic mass is 9.78. The Kier molecular flexibility index (Phi) is 5.91. The number of rotatable bonds is 4. The Hall–Kier alpha value is -0.330. The zero-order valence-corrected chi connectivity index (χ0v) is 14.7. The average Bonchev–Trinajstić information content (AvgIpc) is 2.49. The van der Waals surface area contributed by atoms with Gasteiger partial charge in [-0.3, -0.25) is 4.79 Å². The van der Waals surface area contributed by atoms with E-state index in [1.807, 2.05) is 0 Å². The van der Waals surface area contributed by atoms with Crippen molar-refractivity contribution in [2.75, 3.05) is 32.1 Å². The highest BCUT2D eigenvalue weighted by molar-refractivity contribution is 9.10. The van der Waals surface area contributed by atoms with Crippen LogP contribution in [0, 0.1) is 5.41 Å². The van der Waals surface area contributed by atoms with Gasteiger partial charge in [0, 0.05) is 11.6 Å². The Labute approximate surface area is 142 Å². The van der Waals surface area contributed by atoms with E-state index in [1.165, 1.54) is 0 Å². The third-order valence-corrected chi connectivity index (χ3v) is 5.52. The Morgan fingerprint density at radius 2 is 2.05 bits per heavy atom. The second-order valence-corrected chi connectivity index (χ2v) is 6.75. The van der Waals surface area contributed by atoms with Crippen LogP contribution in [0.4, 0.5) is 5.69 Å². The average molecular weight is 396 g/mol. The molecule has 0 bridgehead atoms. The van der Waals surface area contributed by atoms with Gasteiger partial charge in [0.15, 0.2) is 0 Å². The van der Waals surface area contributed by atoms with E-state index in [-0.39, 0.29) is 5.91 Å².